The Morgan fingerprint density at radius 3 is 2.20 bits per heavy atom. The molecule has 0 radical (unpaired) electrons. The van der Waals surface area contributed by atoms with E-state index in [-0.39, 0.29) is 36.5 Å². The predicted octanol–water partition coefficient (Wildman–Crippen LogP) is 2.01. The van der Waals surface area contributed by atoms with Gasteiger partial charge in [-0.1, -0.05) is 13.8 Å². The van der Waals surface area contributed by atoms with E-state index in [4.69, 9.17) is 28.8 Å². The lowest BCUT2D eigenvalue weighted by Gasteiger charge is -2.24. The minimum atomic E-state index is -0.482. The third kappa shape index (κ3) is 8.55. The molecular weight excluding hydrogens is 432 g/mol. The zero-order valence-corrected chi connectivity index (χ0v) is 19.6. The van der Waals surface area contributed by atoms with Crippen LogP contribution in [0, 0.1) is 0 Å². The second-order valence-corrected chi connectivity index (χ2v) is 10.8. The molecule has 2 rings (SSSR count). The molecule has 0 bridgehead atoms. The minimum absolute atomic E-state index is 0.109. The van der Waals surface area contributed by atoms with Gasteiger partial charge in [0.25, 0.3) is 0 Å². The number of rotatable bonds is 14. The van der Waals surface area contributed by atoms with E-state index in [2.05, 4.69) is 0 Å². The summed E-state index contributed by atoms with van der Waals surface area (Å²) >= 11 is 3.26. The van der Waals surface area contributed by atoms with Crippen molar-refractivity contribution in [3.63, 3.8) is 0 Å². The van der Waals surface area contributed by atoms with Crippen LogP contribution in [0.1, 0.15) is 39.5 Å². The first kappa shape index (κ1) is 25.7. The average molecular weight is 467 g/mol. The fourth-order valence-electron chi connectivity index (χ4n) is 3.34. The topological polar surface area (TPSA) is 101 Å². The summed E-state index contributed by atoms with van der Waals surface area (Å²) in [5, 5.41) is 8.96. The van der Waals surface area contributed by atoms with Crippen LogP contribution in [-0.2, 0) is 33.3 Å². The van der Waals surface area contributed by atoms with Gasteiger partial charge in [0.05, 0.1) is 25.8 Å². The van der Waals surface area contributed by atoms with Gasteiger partial charge in [0, 0.05) is 30.5 Å². The van der Waals surface area contributed by atoms with Crippen LogP contribution in [-0.4, -0.2) is 90.6 Å². The minimum Gasteiger partial charge on any atom is -0.457 e. The van der Waals surface area contributed by atoms with Crippen molar-refractivity contribution in [3.05, 3.63) is 0 Å². The highest BCUT2D eigenvalue weighted by molar-refractivity contribution is 8.00. The third-order valence-electron chi connectivity index (χ3n) is 4.91. The molecule has 10 heteroatoms. The Hall–Kier alpha value is -0.520. The maximum absolute atomic E-state index is 12.3. The molecule has 2 heterocycles. The quantitative estimate of drug-likeness (QED) is 0.232. The fourth-order valence-corrected chi connectivity index (χ4v) is 4.87. The molecular formula is C20H34O8S2. The van der Waals surface area contributed by atoms with Gasteiger partial charge in [-0.15, -0.1) is 11.8 Å². The van der Waals surface area contributed by atoms with E-state index in [1.54, 1.807) is 30.6 Å². The van der Waals surface area contributed by atoms with E-state index in [1.165, 1.54) is 0 Å². The van der Waals surface area contributed by atoms with Gasteiger partial charge in [0.2, 0.25) is 0 Å². The Kier molecular flexibility index (Phi) is 11.3. The van der Waals surface area contributed by atoms with Gasteiger partial charge < -0.3 is 28.8 Å². The molecule has 2 aliphatic heterocycles. The van der Waals surface area contributed by atoms with Crippen molar-refractivity contribution in [2.75, 3.05) is 44.4 Å². The summed E-state index contributed by atoms with van der Waals surface area (Å²) in [7, 11) is 1.64. The van der Waals surface area contributed by atoms with Crippen molar-refractivity contribution in [1.29, 1.82) is 0 Å². The Morgan fingerprint density at radius 2 is 1.63 bits per heavy atom. The zero-order valence-electron chi connectivity index (χ0n) is 18.0. The summed E-state index contributed by atoms with van der Waals surface area (Å²) in [6, 6.07) is 0. The van der Waals surface area contributed by atoms with Crippen LogP contribution in [0.4, 0.5) is 0 Å². The van der Waals surface area contributed by atoms with Gasteiger partial charge in [-0.3, -0.25) is 9.59 Å². The highest BCUT2D eigenvalue weighted by atomic mass is 32.2. The van der Waals surface area contributed by atoms with Gasteiger partial charge in [0.15, 0.2) is 12.2 Å². The number of methoxy groups -OCH3 is 1. The number of ether oxygens (including phenoxy) is 5. The monoisotopic (exact) mass is 466 g/mol. The van der Waals surface area contributed by atoms with Crippen molar-refractivity contribution < 1.29 is 38.4 Å². The van der Waals surface area contributed by atoms with E-state index in [0.717, 1.165) is 12.2 Å². The van der Waals surface area contributed by atoms with Crippen LogP contribution >= 0.6 is 23.5 Å². The number of fused-ring (bicyclic) bond motifs is 1. The lowest BCUT2D eigenvalue weighted by Crippen LogP contribution is -2.36. The van der Waals surface area contributed by atoms with Gasteiger partial charge in [-0.2, -0.15) is 11.8 Å². The number of thioether (sulfide) groups is 2. The number of carbonyl (C=O) groups excluding carboxylic acids is 2. The standard InChI is InChI=1S/C20H34O8S2/c1-20(2,30-10-8-21)7-6-17(23)28-15-12-26-18-14(11-25-19(15)18)27-16(22)5-4-9-29-13-24-3/h14-15,18-19,21H,4-13H2,1-3H3/t14-,15+,18?,19?/m0/s1. The maximum Gasteiger partial charge on any atom is 0.306 e. The number of hydrogen-bond acceptors (Lipinski definition) is 10. The lowest BCUT2D eigenvalue weighted by atomic mass is 10.1. The largest absolute Gasteiger partial charge is 0.457 e. The Labute approximate surface area is 187 Å². The number of esters is 2. The molecule has 2 saturated heterocycles. The molecule has 1 N–H and O–H groups in total. The molecule has 4 atom stereocenters. The highest BCUT2D eigenvalue weighted by Gasteiger charge is 2.51. The first-order valence-corrected chi connectivity index (χ1v) is 12.4. The van der Waals surface area contributed by atoms with Crippen molar-refractivity contribution >= 4 is 35.5 Å². The first-order chi connectivity index (χ1) is 14.4. The Balaban J connectivity index is 1.69. The number of hydrogen-bond donors (Lipinski definition) is 1. The van der Waals surface area contributed by atoms with Gasteiger partial charge >= 0.3 is 11.9 Å². The first-order valence-electron chi connectivity index (χ1n) is 10.3. The van der Waals surface area contributed by atoms with Crippen LogP contribution in [0.3, 0.4) is 0 Å². The smallest absolute Gasteiger partial charge is 0.306 e. The second-order valence-electron chi connectivity index (χ2n) is 7.90. The maximum atomic E-state index is 12.3. The summed E-state index contributed by atoms with van der Waals surface area (Å²) in [5.41, 5.74) is 0. The molecule has 30 heavy (non-hydrogen) atoms. The molecule has 0 saturated carbocycles. The van der Waals surface area contributed by atoms with Crippen molar-refractivity contribution in [1.82, 2.24) is 0 Å². The summed E-state index contributed by atoms with van der Waals surface area (Å²) in [5.74, 6) is 1.53. The fraction of sp³-hybridized carbons (Fsp3) is 0.900. The molecule has 0 amide bonds. The van der Waals surface area contributed by atoms with E-state index >= 15 is 0 Å². The van der Waals surface area contributed by atoms with E-state index in [1.807, 2.05) is 13.8 Å². The molecule has 2 fully saturated rings. The van der Waals surface area contributed by atoms with E-state index < -0.39 is 24.4 Å². The molecule has 174 valence electrons. The highest BCUT2D eigenvalue weighted by Crippen LogP contribution is 2.32. The molecule has 0 aromatic heterocycles. The molecule has 0 aromatic rings. The lowest BCUT2D eigenvalue weighted by molar-refractivity contribution is -0.155. The molecule has 0 aliphatic carbocycles. The van der Waals surface area contributed by atoms with Crippen LogP contribution < -0.4 is 0 Å². The van der Waals surface area contributed by atoms with Crippen molar-refractivity contribution in [3.8, 4) is 0 Å². The van der Waals surface area contributed by atoms with Crippen molar-refractivity contribution in [2.24, 2.45) is 0 Å². The van der Waals surface area contributed by atoms with Crippen LogP contribution in [0.2, 0.25) is 0 Å². The summed E-state index contributed by atoms with van der Waals surface area (Å²) in [6.45, 7) is 4.70. The van der Waals surface area contributed by atoms with E-state index in [0.29, 0.717) is 31.0 Å². The van der Waals surface area contributed by atoms with Gasteiger partial charge in [0.1, 0.15) is 12.2 Å². The Morgan fingerprint density at radius 1 is 1.03 bits per heavy atom. The average Bonchev–Trinajstić information content (AvgIpc) is 3.28. The summed E-state index contributed by atoms with van der Waals surface area (Å²) in [4.78, 5) is 24.3. The molecule has 2 aliphatic rings. The second kappa shape index (κ2) is 13.1. The third-order valence-corrected chi connectivity index (χ3v) is 7.27. The van der Waals surface area contributed by atoms with Crippen LogP contribution in [0.25, 0.3) is 0 Å². The SMILES string of the molecule is COCSCCCC(=O)O[C@H]1COC2C1OC[C@H]2OC(=O)CCC(C)(C)SCCO. The van der Waals surface area contributed by atoms with E-state index in [9.17, 15) is 9.59 Å². The molecule has 0 spiro atoms. The normalized spacial score (nSPS) is 25.9. The molecule has 2 unspecified atom stereocenters. The number of carbonyl (C=O) groups is 2. The summed E-state index contributed by atoms with van der Waals surface area (Å²) < 4.78 is 27.4. The van der Waals surface area contributed by atoms with Gasteiger partial charge in [-0.25, -0.2) is 0 Å². The summed E-state index contributed by atoms with van der Waals surface area (Å²) in [6.07, 6.45) is 0.264. The molecule has 8 nitrogen and oxygen atoms in total. The predicted molar refractivity (Wildman–Crippen MR) is 116 cm³/mol. The Bertz CT molecular complexity index is 545. The zero-order chi connectivity index (χ0) is 22.0. The van der Waals surface area contributed by atoms with Crippen molar-refractivity contribution in [2.45, 2.75) is 68.7 Å². The van der Waals surface area contributed by atoms with Gasteiger partial charge in [-0.05, 0) is 18.6 Å². The number of aliphatic hydroxyl groups excluding tert-OH is 1. The van der Waals surface area contributed by atoms with Crippen LogP contribution in [0.15, 0.2) is 0 Å². The number of aliphatic hydroxyl groups is 1. The van der Waals surface area contributed by atoms with Crippen LogP contribution in [0.5, 0.6) is 0 Å². The molecule has 0 aromatic carbocycles.